The van der Waals surface area contributed by atoms with E-state index in [1.807, 2.05) is 50.8 Å². The Labute approximate surface area is 184 Å². The Kier molecular flexibility index (Phi) is 1.02. The zero-order valence-electron chi connectivity index (χ0n) is 19.5. The van der Waals surface area contributed by atoms with Gasteiger partial charge in [-0.05, 0) is 0 Å². The quantitative estimate of drug-likeness (QED) is 0.368. The van der Waals surface area contributed by atoms with E-state index in [1.54, 1.807) is 0 Å². The second-order valence-corrected chi connectivity index (χ2v) is 40.3. The molecule has 4 nitrogen and oxygen atoms in total. The van der Waals surface area contributed by atoms with Crippen LogP contribution in [-0.2, 0) is 20.8 Å². The molecule has 11 saturated heterocycles. The summed E-state index contributed by atoms with van der Waals surface area (Å²) < 4.78 is 6.83. The predicted octanol–water partition coefficient (Wildman–Crippen LogP) is 6.37. The van der Waals surface area contributed by atoms with Gasteiger partial charge in [0.05, 0.1) is 0 Å². The number of ether oxygens (including phenoxy) is 1. The summed E-state index contributed by atoms with van der Waals surface area (Å²) in [5.41, 5.74) is -0.305. The van der Waals surface area contributed by atoms with E-state index in [9.17, 15) is 9.59 Å². The molecule has 1 amide bonds. The fourth-order valence-electron chi connectivity index (χ4n) is 19.8. The third-order valence-electron chi connectivity index (χ3n) is 19.1. The monoisotopic (exact) mass is 485 g/mol. The first kappa shape index (κ1) is 16.2. The molecular formula is C28H31FeNO3. The Hall–Kier alpha value is -1.58. The van der Waals surface area contributed by atoms with Crippen LogP contribution in [0.3, 0.4) is 0 Å². The molecule has 11 fully saturated rings. The van der Waals surface area contributed by atoms with Crippen molar-refractivity contribution >= 4 is 18.0 Å². The Balaban J connectivity index is 1.02. The molecule has 0 bridgehead atoms. The van der Waals surface area contributed by atoms with E-state index in [0.29, 0.717) is 10.7 Å². The van der Waals surface area contributed by atoms with Gasteiger partial charge in [0, 0.05) is 0 Å². The van der Waals surface area contributed by atoms with Crippen LogP contribution in [0.15, 0.2) is 36.4 Å². The number of fused-ring (bicyclic) bond motifs is 10. The first-order chi connectivity index (χ1) is 15.4. The number of hydrogen-bond acceptors (Lipinski definition) is 3. The summed E-state index contributed by atoms with van der Waals surface area (Å²) in [6.07, 6.45) is 4.45. The molecule has 0 N–H and O–H groups in total. The summed E-state index contributed by atoms with van der Waals surface area (Å²) in [5.74, 6) is -0.0382. The minimum absolute atomic E-state index is 0.116. The Bertz CT molecular complexity index is 1630. The molecule has 1 aromatic carbocycles. The molecule has 0 aliphatic carbocycles. The average molecular weight is 485 g/mol. The van der Waals surface area contributed by atoms with Gasteiger partial charge in [0.1, 0.15) is 0 Å². The van der Waals surface area contributed by atoms with E-state index in [0.717, 1.165) is 48.9 Å². The number of carbonyl (C=O) groups excluding carboxylic acids is 2. The number of carbonyl (C=O) groups is 2. The van der Waals surface area contributed by atoms with Crippen LogP contribution < -0.4 is 0 Å². The van der Waals surface area contributed by atoms with Crippen LogP contribution in [0.5, 0.6) is 0 Å². The van der Waals surface area contributed by atoms with Gasteiger partial charge in [-0.2, -0.15) is 0 Å². The summed E-state index contributed by atoms with van der Waals surface area (Å²) in [6, 6.07) is 10.2. The Morgan fingerprint density at radius 3 is 2.06 bits per heavy atom. The van der Waals surface area contributed by atoms with Crippen LogP contribution in [-0.4, -0.2) is 28.5 Å². The normalized spacial score (nSPS) is 76.8. The third-order valence-corrected chi connectivity index (χ3v) is 61.7. The molecule has 33 heavy (non-hydrogen) atoms. The van der Waals surface area contributed by atoms with Crippen molar-refractivity contribution in [1.82, 2.24) is 4.90 Å². The van der Waals surface area contributed by atoms with Gasteiger partial charge in [-0.15, -0.1) is 0 Å². The molecule has 11 aliphatic rings. The van der Waals surface area contributed by atoms with Gasteiger partial charge in [-0.25, -0.2) is 0 Å². The fraction of sp³-hybridized carbons (Fsp3) is 0.643. The van der Waals surface area contributed by atoms with Crippen molar-refractivity contribution in [1.29, 1.82) is 0 Å². The van der Waals surface area contributed by atoms with Crippen molar-refractivity contribution in [3.8, 4) is 0 Å². The molecule has 1 aromatic rings. The van der Waals surface area contributed by atoms with Crippen molar-refractivity contribution in [3.05, 3.63) is 42.0 Å². The zero-order valence-corrected chi connectivity index (χ0v) is 20.7. The van der Waals surface area contributed by atoms with Gasteiger partial charge >= 0.3 is 185 Å². The van der Waals surface area contributed by atoms with Crippen molar-refractivity contribution < 1.29 is 20.8 Å². The van der Waals surface area contributed by atoms with Crippen molar-refractivity contribution in [2.75, 3.05) is 0 Å². The molecule has 0 saturated carbocycles. The van der Waals surface area contributed by atoms with Crippen LogP contribution in [0.25, 0.3) is 6.08 Å². The van der Waals surface area contributed by atoms with Gasteiger partial charge in [0.25, 0.3) is 0 Å². The maximum atomic E-state index is 14.1. The van der Waals surface area contributed by atoms with E-state index < -0.39 is 17.5 Å². The van der Waals surface area contributed by atoms with Crippen LogP contribution >= 0.6 is 0 Å². The van der Waals surface area contributed by atoms with Crippen molar-refractivity contribution in [2.45, 2.75) is 93.5 Å². The summed E-state index contributed by atoms with van der Waals surface area (Å²) in [4.78, 5) is 39.8. The Morgan fingerprint density at radius 1 is 1.03 bits per heavy atom. The minimum atomic E-state index is -3.57. The summed E-state index contributed by atoms with van der Waals surface area (Å²) in [6.45, 7) is 4.44. The SMILES string of the molecule is CC(C)(C)C(=O)N1[C@H]([C]23[CH]4[CH]5[CH]6[CH]2[Fe]56432789[CH]3[CH]2[CH]7[CH]8[CH]39)OC(=O)[C@@]1(C)CC=Cc1ccccc1. The number of benzene rings is 1. The fourth-order valence-corrected chi connectivity index (χ4v) is 94.3. The molecule has 12 rings (SSSR count). The molecule has 4 unspecified atom stereocenters. The van der Waals surface area contributed by atoms with Gasteiger partial charge in [0.2, 0.25) is 0 Å². The van der Waals surface area contributed by atoms with Crippen LogP contribution in [0.1, 0.15) is 39.7 Å². The average Bonchev–Trinajstić information content (AvgIpc) is 3.69. The number of cyclic esters (lactones) is 1. The van der Waals surface area contributed by atoms with Crippen molar-refractivity contribution in [2.24, 2.45) is 5.41 Å². The third kappa shape index (κ3) is 0.357. The summed E-state index contributed by atoms with van der Waals surface area (Å²) in [5, 5.41) is 0. The summed E-state index contributed by atoms with van der Waals surface area (Å²) >= 11 is 0. The molecule has 6 atom stereocenters. The predicted molar refractivity (Wildman–Crippen MR) is 121 cm³/mol. The first-order valence-corrected chi connectivity index (χ1v) is 19.2. The first-order valence-electron chi connectivity index (χ1n) is 12.9. The number of amides is 1. The van der Waals surface area contributed by atoms with Gasteiger partial charge in [0.15, 0.2) is 0 Å². The maximum absolute atomic E-state index is 14.1. The van der Waals surface area contributed by atoms with Gasteiger partial charge in [-0.1, -0.05) is 0 Å². The second-order valence-electron chi connectivity index (χ2n) is 16.7. The van der Waals surface area contributed by atoms with Crippen LogP contribution in [0, 0.1) is 5.41 Å². The molecule has 5 heteroatoms. The molecular weight excluding hydrogens is 454 g/mol. The molecule has 11 heterocycles. The molecule has 11 aliphatic heterocycles. The van der Waals surface area contributed by atoms with Crippen LogP contribution in [0.4, 0.5) is 0 Å². The molecule has 174 valence electrons. The number of rotatable bonds is 4. The van der Waals surface area contributed by atoms with E-state index >= 15 is 0 Å². The van der Waals surface area contributed by atoms with Gasteiger partial charge < -0.3 is 0 Å². The van der Waals surface area contributed by atoms with Gasteiger partial charge in [-0.3, -0.25) is 0 Å². The van der Waals surface area contributed by atoms with Crippen LogP contribution in [0.2, 0.25) is 47.7 Å². The number of hydrogen-bond donors (Lipinski definition) is 0. The van der Waals surface area contributed by atoms with E-state index in [4.69, 9.17) is 4.74 Å². The van der Waals surface area contributed by atoms with E-state index in [2.05, 4.69) is 24.3 Å². The van der Waals surface area contributed by atoms with E-state index in [-0.39, 0.29) is 18.1 Å². The number of esters is 1. The topological polar surface area (TPSA) is 46.6 Å². The standard InChI is InChI=1S/C23H26NO3.C5H5.Fe/c1-22(2,3)20(25)24-19(18-14-8-9-15-18)27-21(26)23(24,4)16-10-13-17-11-6-5-7-12-17;1-2-4-5-3-1;/h5-15,19H,16H2,1-4H3;1-5H;/t19-,23+;;/m0../s1. The Morgan fingerprint density at radius 2 is 1.61 bits per heavy atom. The molecule has 0 radical (unpaired) electrons. The molecule has 1 spiro atoms. The number of nitrogens with zero attached hydrogens (tertiary/aromatic N) is 1. The summed E-state index contributed by atoms with van der Waals surface area (Å²) in [7, 11) is 0. The van der Waals surface area contributed by atoms with Crippen molar-refractivity contribution in [3.63, 3.8) is 0 Å². The molecule has 0 aromatic heterocycles. The zero-order chi connectivity index (χ0) is 22.3. The second kappa shape index (κ2) is 2.08. The van der Waals surface area contributed by atoms with E-state index in [1.165, 1.54) is 0 Å².